The zero-order valence-electron chi connectivity index (χ0n) is 14.3. The SMILES string of the molecule is OCC/C(=C/C#Cc1ccccc1)C(O)(C#Cc1ccccc1)C(F)(F)F. The van der Waals surface area contributed by atoms with E-state index in [0.29, 0.717) is 11.1 Å². The third kappa shape index (κ3) is 5.49. The first-order chi connectivity index (χ1) is 12.9. The number of aliphatic hydroxyl groups is 2. The number of rotatable bonds is 3. The Balaban J connectivity index is 2.46. The molecule has 1 unspecified atom stereocenters. The number of benzene rings is 2. The average molecular weight is 370 g/mol. The first-order valence-corrected chi connectivity index (χ1v) is 8.11. The minimum absolute atomic E-state index is 0.332. The van der Waals surface area contributed by atoms with E-state index in [0.717, 1.165) is 6.08 Å². The molecule has 5 heteroatoms. The average Bonchev–Trinajstić information content (AvgIpc) is 2.66. The maximum Gasteiger partial charge on any atom is 0.432 e. The van der Waals surface area contributed by atoms with Crippen LogP contribution in [0.1, 0.15) is 17.5 Å². The van der Waals surface area contributed by atoms with Crippen LogP contribution in [0.5, 0.6) is 0 Å². The molecule has 0 radical (unpaired) electrons. The zero-order valence-corrected chi connectivity index (χ0v) is 14.3. The van der Waals surface area contributed by atoms with E-state index in [1.54, 1.807) is 48.5 Å². The molecule has 2 rings (SSSR count). The highest BCUT2D eigenvalue weighted by atomic mass is 19.4. The van der Waals surface area contributed by atoms with E-state index in [-0.39, 0.29) is 0 Å². The summed E-state index contributed by atoms with van der Waals surface area (Å²) in [5.74, 6) is 9.48. The molecule has 0 aliphatic carbocycles. The Bertz CT molecular complexity index is 895. The van der Waals surface area contributed by atoms with E-state index in [1.807, 2.05) is 5.92 Å². The molecule has 0 fully saturated rings. The molecule has 2 N–H and O–H groups in total. The van der Waals surface area contributed by atoms with E-state index in [2.05, 4.69) is 17.8 Å². The maximum atomic E-state index is 13.6. The molecule has 2 aromatic carbocycles. The second-order valence-electron chi connectivity index (χ2n) is 5.60. The number of hydrogen-bond donors (Lipinski definition) is 2. The van der Waals surface area contributed by atoms with E-state index >= 15 is 0 Å². The second-order valence-corrected chi connectivity index (χ2v) is 5.60. The summed E-state index contributed by atoms with van der Waals surface area (Å²) in [5, 5.41) is 19.5. The van der Waals surface area contributed by atoms with Gasteiger partial charge >= 0.3 is 6.18 Å². The molecule has 0 saturated heterocycles. The van der Waals surface area contributed by atoms with Crippen molar-refractivity contribution < 1.29 is 23.4 Å². The summed E-state index contributed by atoms with van der Waals surface area (Å²) in [7, 11) is 0. The van der Waals surface area contributed by atoms with Crippen LogP contribution < -0.4 is 0 Å². The molecule has 27 heavy (non-hydrogen) atoms. The fourth-order valence-corrected chi connectivity index (χ4v) is 2.22. The molecule has 0 bridgehead atoms. The lowest BCUT2D eigenvalue weighted by atomic mass is 9.90. The monoisotopic (exact) mass is 370 g/mol. The van der Waals surface area contributed by atoms with Crippen molar-refractivity contribution in [2.24, 2.45) is 0 Å². The smallest absolute Gasteiger partial charge is 0.396 e. The van der Waals surface area contributed by atoms with Gasteiger partial charge in [0.1, 0.15) is 0 Å². The summed E-state index contributed by atoms with van der Waals surface area (Å²) in [6, 6.07) is 16.7. The number of alkyl halides is 3. The fourth-order valence-electron chi connectivity index (χ4n) is 2.22. The van der Waals surface area contributed by atoms with Crippen molar-refractivity contribution in [3.63, 3.8) is 0 Å². The standard InChI is InChI=1S/C22H17F3O2/c23-22(24,25)21(27,16-14-19-10-5-2-6-11-19)20(15-17-26)13-7-12-18-8-3-1-4-9-18/h1-6,8-11,13,26-27H,15,17H2/b20-13-. The van der Waals surface area contributed by atoms with Crippen LogP contribution >= 0.6 is 0 Å². The Labute approximate surface area is 156 Å². The van der Waals surface area contributed by atoms with Crippen LogP contribution in [0.4, 0.5) is 13.2 Å². The van der Waals surface area contributed by atoms with Gasteiger partial charge < -0.3 is 10.2 Å². The molecular weight excluding hydrogens is 353 g/mol. The normalized spacial score (nSPS) is 13.6. The maximum absolute atomic E-state index is 13.6. The Kier molecular flexibility index (Phi) is 6.85. The summed E-state index contributed by atoms with van der Waals surface area (Å²) >= 11 is 0. The van der Waals surface area contributed by atoms with Crippen LogP contribution in [-0.2, 0) is 0 Å². The summed E-state index contributed by atoms with van der Waals surface area (Å²) < 4.78 is 40.8. The van der Waals surface area contributed by atoms with E-state index in [1.165, 1.54) is 12.1 Å². The summed E-state index contributed by atoms with van der Waals surface area (Å²) in [6.45, 7) is -0.579. The Morgan fingerprint density at radius 2 is 1.41 bits per heavy atom. The van der Waals surface area contributed by atoms with Gasteiger partial charge in [-0.05, 0) is 48.3 Å². The lowest BCUT2D eigenvalue weighted by Gasteiger charge is -2.27. The predicted molar refractivity (Wildman–Crippen MR) is 97.4 cm³/mol. The number of hydrogen-bond acceptors (Lipinski definition) is 2. The van der Waals surface area contributed by atoms with E-state index in [9.17, 15) is 18.3 Å². The van der Waals surface area contributed by atoms with Gasteiger partial charge in [0.2, 0.25) is 5.60 Å². The van der Waals surface area contributed by atoms with Crippen molar-refractivity contribution in [2.45, 2.75) is 18.2 Å². The molecule has 138 valence electrons. The lowest BCUT2D eigenvalue weighted by Crippen LogP contribution is -2.46. The highest BCUT2D eigenvalue weighted by Crippen LogP contribution is 2.37. The van der Waals surface area contributed by atoms with Crippen LogP contribution in [0, 0.1) is 23.7 Å². The second kappa shape index (κ2) is 9.09. The highest BCUT2D eigenvalue weighted by Gasteiger charge is 2.55. The summed E-state index contributed by atoms with van der Waals surface area (Å²) in [4.78, 5) is 0. The Hall–Kier alpha value is -2.99. The van der Waals surface area contributed by atoms with Gasteiger partial charge in [-0.15, -0.1) is 0 Å². The van der Waals surface area contributed by atoms with Crippen LogP contribution in [0.2, 0.25) is 0 Å². The Morgan fingerprint density at radius 1 is 0.889 bits per heavy atom. The zero-order chi connectivity index (χ0) is 19.8. The van der Waals surface area contributed by atoms with Crippen LogP contribution in [0.3, 0.4) is 0 Å². The molecule has 0 amide bonds. The highest BCUT2D eigenvalue weighted by molar-refractivity contribution is 5.45. The van der Waals surface area contributed by atoms with Crippen molar-refractivity contribution in [2.75, 3.05) is 6.61 Å². The number of halogens is 3. The molecule has 0 aliphatic rings. The molecule has 0 spiro atoms. The van der Waals surface area contributed by atoms with Crippen LogP contribution in [0.15, 0.2) is 72.3 Å². The van der Waals surface area contributed by atoms with Crippen molar-refractivity contribution in [1.29, 1.82) is 0 Å². The molecule has 0 heterocycles. The van der Waals surface area contributed by atoms with Gasteiger partial charge in [-0.25, -0.2) is 0 Å². The predicted octanol–water partition coefficient (Wildman–Crippen LogP) is 3.69. The molecular formula is C22H17F3O2. The molecule has 0 aromatic heterocycles. The van der Waals surface area contributed by atoms with Gasteiger partial charge in [0, 0.05) is 17.7 Å². The number of allylic oxidation sites excluding steroid dienone is 1. The third-order valence-electron chi connectivity index (χ3n) is 3.65. The summed E-state index contributed by atoms with van der Waals surface area (Å²) in [6.07, 6.45) is -4.50. The minimum Gasteiger partial charge on any atom is -0.396 e. The van der Waals surface area contributed by atoms with Gasteiger partial charge in [0.25, 0.3) is 0 Å². The molecule has 1 atom stereocenters. The lowest BCUT2D eigenvalue weighted by molar-refractivity contribution is -0.221. The van der Waals surface area contributed by atoms with Crippen molar-refractivity contribution in [1.82, 2.24) is 0 Å². The van der Waals surface area contributed by atoms with Crippen LogP contribution in [0.25, 0.3) is 0 Å². The van der Waals surface area contributed by atoms with E-state index < -0.39 is 30.4 Å². The molecule has 0 saturated carbocycles. The van der Waals surface area contributed by atoms with Gasteiger partial charge in [-0.1, -0.05) is 54.2 Å². The first-order valence-electron chi connectivity index (χ1n) is 8.11. The largest absolute Gasteiger partial charge is 0.432 e. The molecule has 0 aliphatic heterocycles. The van der Waals surface area contributed by atoms with Crippen molar-refractivity contribution in [3.8, 4) is 23.7 Å². The van der Waals surface area contributed by atoms with Gasteiger partial charge in [-0.3, -0.25) is 0 Å². The topological polar surface area (TPSA) is 40.5 Å². The third-order valence-corrected chi connectivity index (χ3v) is 3.65. The minimum atomic E-state index is -5.05. The van der Waals surface area contributed by atoms with Gasteiger partial charge in [0.05, 0.1) is 0 Å². The van der Waals surface area contributed by atoms with Crippen molar-refractivity contribution >= 4 is 0 Å². The first kappa shape index (κ1) is 20.3. The van der Waals surface area contributed by atoms with Crippen molar-refractivity contribution in [3.05, 3.63) is 83.4 Å². The van der Waals surface area contributed by atoms with E-state index in [4.69, 9.17) is 5.11 Å². The summed E-state index contributed by atoms with van der Waals surface area (Å²) in [5.41, 5.74) is -2.97. The molecule has 2 nitrogen and oxygen atoms in total. The fraction of sp³-hybridized carbons (Fsp3) is 0.182. The van der Waals surface area contributed by atoms with Gasteiger partial charge in [-0.2, -0.15) is 13.2 Å². The molecule has 2 aromatic rings. The quantitative estimate of drug-likeness (QED) is 0.809. The Morgan fingerprint density at radius 3 is 1.89 bits per heavy atom. The van der Waals surface area contributed by atoms with Crippen LogP contribution in [-0.4, -0.2) is 28.6 Å². The van der Waals surface area contributed by atoms with Gasteiger partial charge in [0.15, 0.2) is 0 Å². The number of aliphatic hydroxyl groups excluding tert-OH is 1.